The van der Waals surface area contributed by atoms with Crippen molar-refractivity contribution < 1.29 is 9.53 Å². The molecule has 1 aliphatic heterocycles. The summed E-state index contributed by atoms with van der Waals surface area (Å²) in [7, 11) is 4.12. The second-order valence-electron chi connectivity index (χ2n) is 6.16. The van der Waals surface area contributed by atoms with Crippen molar-refractivity contribution in [3.05, 3.63) is 30.0 Å². The number of hydrogen-bond donors (Lipinski definition) is 2. The van der Waals surface area contributed by atoms with Crippen LogP contribution in [-0.4, -0.2) is 49.6 Å². The van der Waals surface area contributed by atoms with Crippen LogP contribution in [0, 0.1) is 5.92 Å². The number of aromatic nitrogens is 1. The molecule has 2 N–H and O–H groups in total. The summed E-state index contributed by atoms with van der Waals surface area (Å²) in [5, 5.41) is 4.23. The number of nitrogens with zero attached hydrogens (tertiary/aromatic N) is 1. The van der Waals surface area contributed by atoms with Crippen molar-refractivity contribution >= 4 is 16.9 Å². The fourth-order valence-electron chi connectivity index (χ4n) is 2.89. The third kappa shape index (κ3) is 3.15. The summed E-state index contributed by atoms with van der Waals surface area (Å²) in [5.41, 5.74) is 2.21. The summed E-state index contributed by atoms with van der Waals surface area (Å²) in [6.45, 7) is 2.57. The zero-order valence-corrected chi connectivity index (χ0v) is 13.2. The molecule has 0 spiro atoms. The predicted octanol–water partition coefficient (Wildman–Crippen LogP) is 1.79. The van der Waals surface area contributed by atoms with Crippen LogP contribution in [0.2, 0.25) is 0 Å². The third-order valence-corrected chi connectivity index (χ3v) is 4.18. The molecule has 5 heteroatoms. The van der Waals surface area contributed by atoms with Gasteiger partial charge in [0.05, 0.1) is 5.92 Å². The SMILES string of the molecule is CN(C)CCc1c[nH]c2cccc(OC(=O)C3CCNC3)c12. The van der Waals surface area contributed by atoms with Gasteiger partial charge in [0.25, 0.3) is 0 Å². The van der Waals surface area contributed by atoms with Gasteiger partial charge in [0, 0.05) is 30.2 Å². The van der Waals surface area contributed by atoms with Gasteiger partial charge in [-0.3, -0.25) is 4.79 Å². The molecule has 1 fully saturated rings. The number of nitrogens with one attached hydrogen (secondary N) is 2. The van der Waals surface area contributed by atoms with Gasteiger partial charge in [-0.05, 0) is 51.2 Å². The fraction of sp³-hybridized carbons (Fsp3) is 0.471. The minimum atomic E-state index is -0.128. The minimum Gasteiger partial charge on any atom is -0.426 e. The van der Waals surface area contributed by atoms with Crippen molar-refractivity contribution in [1.82, 2.24) is 15.2 Å². The quantitative estimate of drug-likeness (QED) is 0.653. The van der Waals surface area contributed by atoms with Crippen molar-refractivity contribution in [3.63, 3.8) is 0 Å². The number of fused-ring (bicyclic) bond motifs is 1. The third-order valence-electron chi connectivity index (χ3n) is 4.18. The van der Waals surface area contributed by atoms with E-state index in [-0.39, 0.29) is 11.9 Å². The first-order valence-electron chi connectivity index (χ1n) is 7.81. The molecule has 118 valence electrons. The summed E-state index contributed by atoms with van der Waals surface area (Å²) in [4.78, 5) is 17.7. The first-order chi connectivity index (χ1) is 10.6. The molecular formula is C17H23N3O2. The molecule has 3 rings (SSSR count). The van der Waals surface area contributed by atoms with Crippen molar-refractivity contribution in [3.8, 4) is 5.75 Å². The highest BCUT2D eigenvalue weighted by Gasteiger charge is 2.25. The summed E-state index contributed by atoms with van der Waals surface area (Å²) >= 11 is 0. The van der Waals surface area contributed by atoms with E-state index in [1.165, 1.54) is 5.56 Å². The Kier molecular flexibility index (Phi) is 4.45. The highest BCUT2D eigenvalue weighted by molar-refractivity contribution is 5.91. The van der Waals surface area contributed by atoms with Crippen LogP contribution < -0.4 is 10.1 Å². The van der Waals surface area contributed by atoms with Gasteiger partial charge in [-0.1, -0.05) is 6.07 Å². The fourth-order valence-corrected chi connectivity index (χ4v) is 2.89. The zero-order chi connectivity index (χ0) is 15.5. The van der Waals surface area contributed by atoms with Crippen molar-refractivity contribution in [2.75, 3.05) is 33.7 Å². The Morgan fingerprint density at radius 1 is 1.41 bits per heavy atom. The topological polar surface area (TPSA) is 57.4 Å². The standard InChI is InChI=1S/C17H23N3O2/c1-20(2)9-7-12-11-19-14-4-3-5-15(16(12)14)22-17(21)13-6-8-18-10-13/h3-5,11,13,18-19H,6-10H2,1-2H3. The van der Waals surface area contributed by atoms with Crippen LogP contribution in [-0.2, 0) is 11.2 Å². The molecule has 1 unspecified atom stereocenters. The highest BCUT2D eigenvalue weighted by atomic mass is 16.5. The number of carbonyl (C=O) groups is 1. The van der Waals surface area contributed by atoms with E-state index in [0.29, 0.717) is 5.75 Å². The summed E-state index contributed by atoms with van der Waals surface area (Å²) in [6, 6.07) is 5.82. The molecule has 0 saturated carbocycles. The maximum atomic E-state index is 12.3. The summed E-state index contributed by atoms with van der Waals surface area (Å²) in [6.07, 6.45) is 3.80. The maximum absolute atomic E-state index is 12.3. The van der Waals surface area contributed by atoms with Crippen LogP contribution in [0.5, 0.6) is 5.75 Å². The Balaban J connectivity index is 1.84. The van der Waals surface area contributed by atoms with E-state index in [1.54, 1.807) is 0 Å². The maximum Gasteiger partial charge on any atom is 0.315 e. The molecule has 0 aliphatic carbocycles. The lowest BCUT2D eigenvalue weighted by Crippen LogP contribution is -2.22. The number of H-pyrrole nitrogens is 1. The van der Waals surface area contributed by atoms with Crippen LogP contribution in [0.3, 0.4) is 0 Å². The van der Waals surface area contributed by atoms with Crippen molar-refractivity contribution in [1.29, 1.82) is 0 Å². The molecule has 1 aliphatic rings. The van der Waals surface area contributed by atoms with Gasteiger partial charge >= 0.3 is 5.97 Å². The normalized spacial score (nSPS) is 18.2. The molecule has 0 radical (unpaired) electrons. The molecular weight excluding hydrogens is 278 g/mol. The Morgan fingerprint density at radius 2 is 2.27 bits per heavy atom. The monoisotopic (exact) mass is 301 g/mol. The van der Waals surface area contributed by atoms with Gasteiger partial charge in [0.2, 0.25) is 0 Å². The number of likely N-dealkylation sites (N-methyl/N-ethyl adjacent to an activating group) is 1. The second-order valence-corrected chi connectivity index (χ2v) is 6.16. The Hall–Kier alpha value is -1.85. The van der Waals surface area contributed by atoms with Gasteiger partial charge in [-0.25, -0.2) is 0 Å². The average Bonchev–Trinajstić information content (AvgIpc) is 3.15. The number of esters is 1. The molecule has 5 nitrogen and oxygen atoms in total. The number of carbonyl (C=O) groups excluding carboxylic acids is 1. The lowest BCUT2D eigenvalue weighted by Gasteiger charge is -2.12. The number of hydrogen-bond acceptors (Lipinski definition) is 4. The summed E-state index contributed by atoms with van der Waals surface area (Å²) in [5.74, 6) is 0.515. The lowest BCUT2D eigenvalue weighted by molar-refractivity contribution is -0.138. The molecule has 22 heavy (non-hydrogen) atoms. The van der Waals surface area contributed by atoms with Crippen LogP contribution in [0.1, 0.15) is 12.0 Å². The number of rotatable bonds is 5. The lowest BCUT2D eigenvalue weighted by atomic mass is 10.1. The Labute approximate surface area is 130 Å². The summed E-state index contributed by atoms with van der Waals surface area (Å²) < 4.78 is 5.70. The van der Waals surface area contributed by atoms with Crippen LogP contribution >= 0.6 is 0 Å². The first kappa shape index (κ1) is 15.1. The van der Waals surface area contributed by atoms with E-state index < -0.39 is 0 Å². The Morgan fingerprint density at radius 3 is 3.00 bits per heavy atom. The van der Waals surface area contributed by atoms with E-state index in [0.717, 1.165) is 43.4 Å². The van der Waals surface area contributed by atoms with Crippen LogP contribution in [0.15, 0.2) is 24.4 Å². The predicted molar refractivity (Wildman–Crippen MR) is 87.2 cm³/mol. The van der Waals surface area contributed by atoms with E-state index >= 15 is 0 Å². The van der Waals surface area contributed by atoms with Crippen LogP contribution in [0.4, 0.5) is 0 Å². The number of benzene rings is 1. The number of aromatic amines is 1. The minimum absolute atomic E-state index is 0.0283. The number of ether oxygens (including phenoxy) is 1. The molecule has 1 saturated heterocycles. The highest BCUT2D eigenvalue weighted by Crippen LogP contribution is 2.30. The molecule has 1 aromatic carbocycles. The van der Waals surface area contributed by atoms with E-state index in [9.17, 15) is 4.79 Å². The molecule has 0 amide bonds. The van der Waals surface area contributed by atoms with E-state index in [2.05, 4.69) is 29.3 Å². The van der Waals surface area contributed by atoms with Gasteiger partial charge in [-0.2, -0.15) is 0 Å². The van der Waals surface area contributed by atoms with Gasteiger partial charge in [-0.15, -0.1) is 0 Å². The van der Waals surface area contributed by atoms with Crippen molar-refractivity contribution in [2.45, 2.75) is 12.8 Å². The molecule has 2 aromatic rings. The zero-order valence-electron chi connectivity index (χ0n) is 13.2. The molecule has 0 bridgehead atoms. The Bertz CT molecular complexity index is 657. The van der Waals surface area contributed by atoms with Gasteiger partial charge in [0.15, 0.2) is 0 Å². The molecule has 2 heterocycles. The largest absolute Gasteiger partial charge is 0.426 e. The first-order valence-corrected chi connectivity index (χ1v) is 7.81. The van der Waals surface area contributed by atoms with E-state index in [1.807, 2.05) is 24.4 Å². The smallest absolute Gasteiger partial charge is 0.315 e. The van der Waals surface area contributed by atoms with Gasteiger partial charge in [0.1, 0.15) is 5.75 Å². The van der Waals surface area contributed by atoms with E-state index in [4.69, 9.17) is 4.74 Å². The molecule has 1 aromatic heterocycles. The van der Waals surface area contributed by atoms with Crippen molar-refractivity contribution in [2.24, 2.45) is 5.92 Å². The molecule has 1 atom stereocenters. The van der Waals surface area contributed by atoms with Crippen LogP contribution in [0.25, 0.3) is 10.9 Å². The van der Waals surface area contributed by atoms with Gasteiger partial charge < -0.3 is 19.9 Å². The average molecular weight is 301 g/mol. The second kappa shape index (κ2) is 6.50.